The molecule has 6 heteroatoms. The highest BCUT2D eigenvalue weighted by Gasteiger charge is 2.17. The summed E-state index contributed by atoms with van der Waals surface area (Å²) in [6.07, 6.45) is 1.60. The normalized spacial score (nSPS) is 10.8. The Hall–Kier alpha value is -2.47. The minimum Gasteiger partial charge on any atom is -0.360 e. The van der Waals surface area contributed by atoms with Crippen LogP contribution in [-0.4, -0.2) is 15.7 Å². The molecule has 0 saturated carbocycles. The van der Waals surface area contributed by atoms with Gasteiger partial charge < -0.3 is 4.98 Å². The number of benzene rings is 1. The van der Waals surface area contributed by atoms with Crippen molar-refractivity contribution in [2.24, 2.45) is 0 Å². The lowest BCUT2D eigenvalue weighted by atomic mass is 10.1. The van der Waals surface area contributed by atoms with Crippen molar-refractivity contribution in [3.63, 3.8) is 0 Å². The minimum atomic E-state index is -0.462. The Morgan fingerprint density at radius 1 is 1.30 bits per heavy atom. The Morgan fingerprint density at radius 2 is 2.10 bits per heavy atom. The average Bonchev–Trinajstić information content (AvgIpc) is 3.03. The van der Waals surface area contributed by atoms with E-state index in [2.05, 4.69) is 4.98 Å². The Bertz CT molecular complexity index is 832. The summed E-state index contributed by atoms with van der Waals surface area (Å²) in [5.41, 5.74) is 1.16. The number of fused-ring (bicyclic) bond motifs is 1. The number of rotatable bonds is 3. The number of non-ortho nitro benzene ring substituents is 1. The number of aromatic amines is 1. The Kier molecular flexibility index (Phi) is 2.87. The van der Waals surface area contributed by atoms with Crippen molar-refractivity contribution in [3.8, 4) is 0 Å². The van der Waals surface area contributed by atoms with Crippen LogP contribution < -0.4 is 0 Å². The number of aromatic nitrogens is 1. The molecule has 3 rings (SSSR count). The van der Waals surface area contributed by atoms with E-state index in [-0.39, 0.29) is 11.5 Å². The molecule has 0 spiro atoms. The molecular formula is C14H10N2O3S. The van der Waals surface area contributed by atoms with E-state index in [0.29, 0.717) is 21.3 Å². The zero-order valence-electron chi connectivity index (χ0n) is 10.5. The second-order valence-corrected chi connectivity index (χ2v) is 5.72. The van der Waals surface area contributed by atoms with Gasteiger partial charge in [-0.05, 0) is 25.1 Å². The molecule has 100 valence electrons. The second kappa shape index (κ2) is 4.57. The van der Waals surface area contributed by atoms with Crippen molar-refractivity contribution in [2.75, 3.05) is 0 Å². The summed E-state index contributed by atoms with van der Waals surface area (Å²) in [6, 6.07) is 8.12. The van der Waals surface area contributed by atoms with Crippen LogP contribution in [0.3, 0.4) is 0 Å². The first kappa shape index (κ1) is 12.6. The molecule has 0 bridgehead atoms. The monoisotopic (exact) mass is 286 g/mol. The van der Waals surface area contributed by atoms with Gasteiger partial charge in [0.25, 0.3) is 5.69 Å². The van der Waals surface area contributed by atoms with Gasteiger partial charge in [0.05, 0.1) is 9.80 Å². The lowest BCUT2D eigenvalue weighted by Gasteiger charge is -1.97. The maximum Gasteiger partial charge on any atom is 0.270 e. The fourth-order valence-electron chi connectivity index (χ4n) is 2.10. The number of nitro groups is 1. The summed E-state index contributed by atoms with van der Waals surface area (Å²) in [5, 5.41) is 11.4. The Labute approximate surface area is 118 Å². The van der Waals surface area contributed by atoms with Crippen LogP contribution in [0, 0.1) is 17.0 Å². The molecule has 1 aromatic carbocycles. The topological polar surface area (TPSA) is 76.0 Å². The molecule has 0 saturated heterocycles. The maximum absolute atomic E-state index is 12.4. The molecule has 20 heavy (non-hydrogen) atoms. The van der Waals surface area contributed by atoms with Crippen molar-refractivity contribution in [2.45, 2.75) is 6.92 Å². The smallest absolute Gasteiger partial charge is 0.270 e. The summed E-state index contributed by atoms with van der Waals surface area (Å²) in [4.78, 5) is 27.5. The standard InChI is InChI=1S/C14H10N2O3S/c1-8-2-5-13(20-8)14(17)11-7-15-12-4-3-9(16(18)19)6-10(11)12/h2-7,15H,1H3. The molecule has 0 radical (unpaired) electrons. The van der Waals surface area contributed by atoms with Crippen LogP contribution in [0.2, 0.25) is 0 Å². The van der Waals surface area contributed by atoms with Crippen molar-refractivity contribution >= 4 is 33.7 Å². The minimum absolute atomic E-state index is 0.0199. The maximum atomic E-state index is 12.4. The van der Waals surface area contributed by atoms with E-state index in [9.17, 15) is 14.9 Å². The van der Waals surface area contributed by atoms with E-state index < -0.39 is 4.92 Å². The zero-order chi connectivity index (χ0) is 14.3. The van der Waals surface area contributed by atoms with Gasteiger partial charge in [-0.2, -0.15) is 0 Å². The van der Waals surface area contributed by atoms with Crippen molar-refractivity contribution in [3.05, 3.63) is 62.0 Å². The largest absolute Gasteiger partial charge is 0.360 e. The quantitative estimate of drug-likeness (QED) is 0.453. The number of nitrogens with one attached hydrogen (secondary N) is 1. The molecule has 3 aromatic rings. The molecule has 2 heterocycles. The first-order valence-corrected chi connectivity index (χ1v) is 6.74. The van der Waals surface area contributed by atoms with Crippen molar-refractivity contribution in [1.29, 1.82) is 0 Å². The number of hydrogen-bond acceptors (Lipinski definition) is 4. The molecule has 0 aliphatic heterocycles. The van der Waals surface area contributed by atoms with Gasteiger partial charge >= 0.3 is 0 Å². The molecule has 0 amide bonds. The lowest BCUT2D eigenvalue weighted by Crippen LogP contribution is -1.97. The molecular weight excluding hydrogens is 276 g/mol. The molecule has 2 aromatic heterocycles. The van der Waals surface area contributed by atoms with Gasteiger partial charge in [0.2, 0.25) is 5.78 Å². The van der Waals surface area contributed by atoms with E-state index in [1.165, 1.54) is 23.5 Å². The van der Waals surface area contributed by atoms with Crippen LogP contribution >= 0.6 is 11.3 Å². The van der Waals surface area contributed by atoms with Crippen LogP contribution in [0.5, 0.6) is 0 Å². The SMILES string of the molecule is Cc1ccc(C(=O)c2c[nH]c3ccc([N+](=O)[O-])cc23)s1. The molecule has 1 N–H and O–H groups in total. The number of H-pyrrole nitrogens is 1. The molecule has 0 unspecified atom stereocenters. The number of nitrogens with zero attached hydrogens (tertiary/aromatic N) is 1. The summed E-state index contributed by atoms with van der Waals surface area (Å²) >= 11 is 1.42. The van der Waals surface area contributed by atoms with Crippen molar-refractivity contribution < 1.29 is 9.72 Å². The first-order valence-electron chi connectivity index (χ1n) is 5.93. The Balaban J connectivity index is 2.14. The van der Waals surface area contributed by atoms with E-state index in [1.54, 1.807) is 18.3 Å². The zero-order valence-corrected chi connectivity index (χ0v) is 11.4. The van der Waals surface area contributed by atoms with Gasteiger partial charge in [0, 0.05) is 39.7 Å². The lowest BCUT2D eigenvalue weighted by molar-refractivity contribution is -0.384. The van der Waals surface area contributed by atoms with Gasteiger partial charge in [-0.3, -0.25) is 14.9 Å². The van der Waals surface area contributed by atoms with Gasteiger partial charge in [-0.25, -0.2) is 0 Å². The van der Waals surface area contributed by atoms with Crippen LogP contribution in [0.4, 0.5) is 5.69 Å². The van der Waals surface area contributed by atoms with Gasteiger partial charge in [-0.1, -0.05) is 0 Å². The van der Waals surface area contributed by atoms with E-state index in [1.807, 2.05) is 13.0 Å². The molecule has 0 aliphatic carbocycles. The fourth-order valence-corrected chi connectivity index (χ4v) is 2.92. The first-order chi connectivity index (χ1) is 9.56. The van der Waals surface area contributed by atoms with E-state index in [0.717, 1.165) is 4.88 Å². The van der Waals surface area contributed by atoms with E-state index in [4.69, 9.17) is 0 Å². The predicted octanol–water partition coefficient (Wildman–Crippen LogP) is 3.68. The van der Waals surface area contributed by atoms with E-state index >= 15 is 0 Å². The third kappa shape index (κ3) is 2.00. The van der Waals surface area contributed by atoms with Gasteiger partial charge in [0.15, 0.2) is 0 Å². The number of nitro benzene ring substituents is 1. The van der Waals surface area contributed by atoms with Crippen LogP contribution in [0.15, 0.2) is 36.5 Å². The number of hydrogen-bond donors (Lipinski definition) is 1. The number of carbonyl (C=O) groups excluding carboxylic acids is 1. The number of ketones is 1. The summed E-state index contributed by atoms with van der Waals surface area (Å²) < 4.78 is 0. The highest BCUT2D eigenvalue weighted by atomic mass is 32.1. The summed E-state index contributed by atoms with van der Waals surface area (Å²) in [6.45, 7) is 1.93. The number of carbonyl (C=O) groups is 1. The van der Waals surface area contributed by atoms with Crippen LogP contribution in [0.1, 0.15) is 20.1 Å². The predicted molar refractivity (Wildman–Crippen MR) is 77.4 cm³/mol. The van der Waals surface area contributed by atoms with Crippen LogP contribution in [0.25, 0.3) is 10.9 Å². The molecule has 0 aliphatic rings. The van der Waals surface area contributed by atoms with Crippen LogP contribution in [-0.2, 0) is 0 Å². The summed E-state index contributed by atoms with van der Waals surface area (Å²) in [5.74, 6) is -0.116. The third-order valence-electron chi connectivity index (χ3n) is 3.08. The second-order valence-electron chi connectivity index (χ2n) is 4.43. The number of thiophene rings is 1. The number of aryl methyl sites for hydroxylation is 1. The van der Waals surface area contributed by atoms with Crippen molar-refractivity contribution in [1.82, 2.24) is 4.98 Å². The molecule has 0 atom stereocenters. The summed E-state index contributed by atoms with van der Waals surface area (Å²) in [7, 11) is 0. The Morgan fingerprint density at radius 3 is 2.75 bits per heavy atom. The molecule has 5 nitrogen and oxygen atoms in total. The highest BCUT2D eigenvalue weighted by Crippen LogP contribution is 2.27. The highest BCUT2D eigenvalue weighted by molar-refractivity contribution is 7.14. The fraction of sp³-hybridized carbons (Fsp3) is 0.0714. The molecule has 0 fully saturated rings. The average molecular weight is 286 g/mol. The van der Waals surface area contributed by atoms with Gasteiger partial charge in [-0.15, -0.1) is 11.3 Å². The third-order valence-corrected chi connectivity index (χ3v) is 4.08. The van der Waals surface area contributed by atoms with Gasteiger partial charge in [0.1, 0.15) is 0 Å².